The first-order valence-electron chi connectivity index (χ1n) is 9.74. The number of carbonyl (C=O) groups is 1. The highest BCUT2D eigenvalue weighted by molar-refractivity contribution is 6.06. The molecule has 0 aliphatic rings. The van der Waals surface area contributed by atoms with Crippen molar-refractivity contribution in [1.29, 1.82) is 0 Å². The summed E-state index contributed by atoms with van der Waals surface area (Å²) in [7, 11) is 0. The maximum absolute atomic E-state index is 13.3. The van der Waals surface area contributed by atoms with E-state index in [9.17, 15) is 9.59 Å². The first-order chi connectivity index (χ1) is 14.2. The molecule has 4 heteroatoms. The Bertz CT molecular complexity index is 1200. The van der Waals surface area contributed by atoms with Crippen LogP contribution in [0, 0.1) is 0 Å². The number of hydrogen-bond acceptors (Lipinski definition) is 2. The summed E-state index contributed by atoms with van der Waals surface area (Å²) in [4.78, 5) is 26.3. The van der Waals surface area contributed by atoms with Gasteiger partial charge in [0.05, 0.1) is 11.6 Å². The monoisotopic (exact) mass is 382 g/mol. The molecule has 1 heterocycles. The first kappa shape index (κ1) is 18.7. The summed E-state index contributed by atoms with van der Waals surface area (Å²) in [5.74, 6) is -0.193. The molecule has 0 saturated carbocycles. The van der Waals surface area contributed by atoms with E-state index in [-0.39, 0.29) is 17.5 Å². The smallest absolute Gasteiger partial charge is 0.262 e. The van der Waals surface area contributed by atoms with Crippen molar-refractivity contribution in [2.45, 2.75) is 19.4 Å². The molecule has 1 N–H and O–H groups in total. The molecule has 29 heavy (non-hydrogen) atoms. The SMILES string of the molecule is CCC(NC(=O)c1cn(-c2ccccc2)c(=O)c2ccccc12)c1ccccc1. The average Bonchev–Trinajstić information content (AvgIpc) is 2.79. The Morgan fingerprint density at radius 1 is 0.862 bits per heavy atom. The number of hydrogen-bond donors (Lipinski definition) is 1. The van der Waals surface area contributed by atoms with Crippen molar-refractivity contribution < 1.29 is 4.79 Å². The molecule has 0 fully saturated rings. The van der Waals surface area contributed by atoms with E-state index in [2.05, 4.69) is 5.32 Å². The molecule has 1 atom stereocenters. The molecule has 4 nitrogen and oxygen atoms in total. The number of amides is 1. The number of pyridine rings is 1. The maximum Gasteiger partial charge on any atom is 0.262 e. The van der Waals surface area contributed by atoms with Gasteiger partial charge in [-0.25, -0.2) is 0 Å². The number of rotatable bonds is 5. The molecule has 3 aromatic carbocycles. The van der Waals surface area contributed by atoms with Crippen molar-refractivity contribution in [3.63, 3.8) is 0 Å². The van der Waals surface area contributed by atoms with Gasteiger partial charge in [0.15, 0.2) is 0 Å². The van der Waals surface area contributed by atoms with Crippen LogP contribution in [0.5, 0.6) is 0 Å². The molecular formula is C25H22N2O2. The highest BCUT2D eigenvalue weighted by Gasteiger charge is 2.18. The summed E-state index contributed by atoms with van der Waals surface area (Å²) >= 11 is 0. The van der Waals surface area contributed by atoms with E-state index in [4.69, 9.17) is 0 Å². The zero-order chi connectivity index (χ0) is 20.2. The lowest BCUT2D eigenvalue weighted by Crippen LogP contribution is -2.30. The van der Waals surface area contributed by atoms with Gasteiger partial charge in [-0.3, -0.25) is 14.2 Å². The highest BCUT2D eigenvalue weighted by Crippen LogP contribution is 2.21. The summed E-state index contributed by atoms with van der Waals surface area (Å²) < 4.78 is 1.54. The van der Waals surface area contributed by atoms with E-state index < -0.39 is 0 Å². The fourth-order valence-corrected chi connectivity index (χ4v) is 3.60. The summed E-state index contributed by atoms with van der Waals surface area (Å²) in [6.07, 6.45) is 2.42. The largest absolute Gasteiger partial charge is 0.345 e. The lowest BCUT2D eigenvalue weighted by atomic mass is 10.0. The number of para-hydroxylation sites is 1. The van der Waals surface area contributed by atoms with Crippen molar-refractivity contribution in [3.8, 4) is 5.69 Å². The number of benzene rings is 3. The van der Waals surface area contributed by atoms with Crippen molar-refractivity contribution in [1.82, 2.24) is 9.88 Å². The molecular weight excluding hydrogens is 360 g/mol. The van der Waals surface area contributed by atoms with Gasteiger partial charge in [0.2, 0.25) is 0 Å². The van der Waals surface area contributed by atoms with E-state index in [0.29, 0.717) is 16.3 Å². The highest BCUT2D eigenvalue weighted by atomic mass is 16.2. The van der Waals surface area contributed by atoms with Crippen molar-refractivity contribution in [2.75, 3.05) is 0 Å². The van der Waals surface area contributed by atoms with Crippen molar-refractivity contribution in [3.05, 3.63) is 113 Å². The third-order valence-corrected chi connectivity index (χ3v) is 5.12. The van der Waals surface area contributed by atoms with Gasteiger partial charge in [-0.2, -0.15) is 0 Å². The summed E-state index contributed by atoms with van der Waals surface area (Å²) in [6.45, 7) is 2.04. The third-order valence-electron chi connectivity index (χ3n) is 5.12. The Morgan fingerprint density at radius 3 is 2.10 bits per heavy atom. The molecule has 4 rings (SSSR count). The number of aromatic nitrogens is 1. The molecule has 0 spiro atoms. The van der Waals surface area contributed by atoms with Gasteiger partial charge in [0.1, 0.15) is 0 Å². The second kappa shape index (κ2) is 8.15. The third kappa shape index (κ3) is 3.69. The average molecular weight is 382 g/mol. The topological polar surface area (TPSA) is 51.1 Å². The molecule has 0 radical (unpaired) electrons. The molecule has 1 amide bonds. The van der Waals surface area contributed by atoms with Crippen LogP contribution in [0.25, 0.3) is 16.5 Å². The normalized spacial score (nSPS) is 11.9. The van der Waals surface area contributed by atoms with Crippen LogP contribution in [-0.4, -0.2) is 10.5 Å². The Morgan fingerprint density at radius 2 is 1.45 bits per heavy atom. The Hall–Kier alpha value is -3.66. The lowest BCUT2D eigenvalue weighted by Gasteiger charge is -2.19. The Kier molecular flexibility index (Phi) is 5.25. The van der Waals surface area contributed by atoms with Crippen LogP contribution >= 0.6 is 0 Å². The molecule has 0 bridgehead atoms. The number of nitrogens with one attached hydrogen (secondary N) is 1. The quantitative estimate of drug-likeness (QED) is 0.535. The van der Waals surface area contributed by atoms with Crippen molar-refractivity contribution >= 4 is 16.7 Å². The van der Waals surface area contributed by atoms with Gasteiger partial charge in [-0.1, -0.05) is 73.7 Å². The van der Waals surface area contributed by atoms with Crippen LogP contribution in [0.3, 0.4) is 0 Å². The van der Waals surface area contributed by atoms with E-state index in [1.165, 1.54) is 0 Å². The van der Waals surface area contributed by atoms with Gasteiger partial charge in [-0.15, -0.1) is 0 Å². The van der Waals surface area contributed by atoms with Crippen LogP contribution in [0.1, 0.15) is 35.3 Å². The Balaban J connectivity index is 1.81. The first-order valence-corrected chi connectivity index (χ1v) is 9.74. The Labute approximate surface area is 169 Å². The van der Waals surface area contributed by atoms with Crippen LogP contribution in [0.2, 0.25) is 0 Å². The molecule has 1 unspecified atom stereocenters. The minimum absolute atomic E-state index is 0.0976. The van der Waals surface area contributed by atoms with Gasteiger partial charge in [0.25, 0.3) is 11.5 Å². The summed E-state index contributed by atoms with van der Waals surface area (Å²) in [6, 6.07) is 26.4. The molecule has 144 valence electrons. The van der Waals surface area contributed by atoms with Crippen LogP contribution in [0.15, 0.2) is 95.9 Å². The van der Waals surface area contributed by atoms with Gasteiger partial charge >= 0.3 is 0 Å². The number of carbonyl (C=O) groups excluding carboxylic acids is 1. The lowest BCUT2D eigenvalue weighted by molar-refractivity contribution is 0.0936. The predicted molar refractivity (Wildman–Crippen MR) is 116 cm³/mol. The number of fused-ring (bicyclic) bond motifs is 1. The van der Waals surface area contributed by atoms with E-state index in [0.717, 1.165) is 17.7 Å². The predicted octanol–water partition coefficient (Wildman–Crippen LogP) is 4.87. The minimum Gasteiger partial charge on any atom is -0.345 e. The van der Waals surface area contributed by atoms with Gasteiger partial charge < -0.3 is 5.32 Å². The number of nitrogens with zero attached hydrogens (tertiary/aromatic N) is 1. The van der Waals surface area contributed by atoms with Crippen LogP contribution in [-0.2, 0) is 0 Å². The fourth-order valence-electron chi connectivity index (χ4n) is 3.60. The van der Waals surface area contributed by atoms with E-state index in [1.54, 1.807) is 16.8 Å². The maximum atomic E-state index is 13.3. The fraction of sp³-hybridized carbons (Fsp3) is 0.120. The molecule has 1 aromatic heterocycles. The summed E-state index contributed by atoms with van der Waals surface area (Å²) in [5, 5.41) is 4.32. The van der Waals surface area contributed by atoms with Crippen LogP contribution in [0.4, 0.5) is 0 Å². The molecule has 4 aromatic rings. The standard InChI is InChI=1S/C25H22N2O2/c1-2-23(18-11-5-3-6-12-18)26-24(28)22-17-27(19-13-7-4-8-14-19)25(29)21-16-10-9-15-20(21)22/h3-17,23H,2H2,1H3,(H,26,28). The zero-order valence-electron chi connectivity index (χ0n) is 16.2. The van der Waals surface area contributed by atoms with E-state index >= 15 is 0 Å². The summed E-state index contributed by atoms with van der Waals surface area (Å²) in [5.41, 5.74) is 2.13. The van der Waals surface area contributed by atoms with Gasteiger partial charge in [-0.05, 0) is 30.2 Å². The van der Waals surface area contributed by atoms with Crippen molar-refractivity contribution in [2.24, 2.45) is 0 Å². The molecule has 0 aliphatic carbocycles. The van der Waals surface area contributed by atoms with Gasteiger partial charge in [0, 0.05) is 22.7 Å². The molecule has 0 aliphatic heterocycles. The molecule has 0 saturated heterocycles. The van der Waals surface area contributed by atoms with Crippen LogP contribution < -0.4 is 10.9 Å². The second-order valence-electron chi connectivity index (χ2n) is 6.94. The minimum atomic E-state index is -0.193. The zero-order valence-corrected chi connectivity index (χ0v) is 16.2. The second-order valence-corrected chi connectivity index (χ2v) is 6.94. The van der Waals surface area contributed by atoms with E-state index in [1.807, 2.05) is 85.8 Å².